The molecule has 2 aliphatic heterocycles. The Labute approximate surface area is 153 Å². The highest BCUT2D eigenvalue weighted by Crippen LogP contribution is 2.35. The van der Waals surface area contributed by atoms with Gasteiger partial charge in [-0.2, -0.15) is 0 Å². The fourth-order valence-electron chi connectivity index (χ4n) is 3.71. The Balaban J connectivity index is 1.62. The molecule has 2 aliphatic rings. The summed E-state index contributed by atoms with van der Waals surface area (Å²) in [5, 5.41) is 0. The molecule has 6 nitrogen and oxygen atoms in total. The van der Waals surface area contributed by atoms with E-state index in [-0.39, 0.29) is 5.91 Å². The van der Waals surface area contributed by atoms with Gasteiger partial charge in [0.05, 0.1) is 12.1 Å². The van der Waals surface area contributed by atoms with Gasteiger partial charge in [0.25, 0.3) is 5.91 Å². The Kier molecular flexibility index (Phi) is 4.84. The summed E-state index contributed by atoms with van der Waals surface area (Å²) in [4.78, 5) is 15.2. The van der Waals surface area contributed by atoms with Crippen molar-refractivity contribution in [1.29, 1.82) is 0 Å². The average Bonchev–Trinajstić information content (AvgIpc) is 3.03. The van der Waals surface area contributed by atoms with Crippen LogP contribution in [0, 0.1) is 5.92 Å². The highest BCUT2D eigenvalue weighted by atomic mass is 16.6. The summed E-state index contributed by atoms with van der Waals surface area (Å²) in [5.74, 6) is 1.56. The fraction of sp³-hybridized carbons (Fsp3) is 0.450. The van der Waals surface area contributed by atoms with Crippen molar-refractivity contribution in [2.24, 2.45) is 5.92 Å². The standard InChI is InChI=1S/C20H24N2O4/c1-24-9-7-15-12-21-8-3-4-16(21)14-22(13-15)20(23)17-5-2-6-18-19(17)26-11-10-25-18/h2-6,8,15H,7,9-14H2,1H3. The van der Waals surface area contributed by atoms with Crippen molar-refractivity contribution in [2.75, 3.05) is 33.5 Å². The topological polar surface area (TPSA) is 52.9 Å². The number of carbonyl (C=O) groups excluding carboxylic acids is 1. The van der Waals surface area contributed by atoms with E-state index in [0.29, 0.717) is 55.9 Å². The molecule has 0 saturated carbocycles. The third-order valence-corrected chi connectivity index (χ3v) is 5.02. The summed E-state index contributed by atoms with van der Waals surface area (Å²) in [6, 6.07) is 9.64. The van der Waals surface area contributed by atoms with Gasteiger partial charge in [0.1, 0.15) is 13.2 Å². The van der Waals surface area contributed by atoms with Crippen molar-refractivity contribution in [3.8, 4) is 11.5 Å². The predicted molar refractivity (Wildman–Crippen MR) is 96.6 cm³/mol. The van der Waals surface area contributed by atoms with Crippen molar-refractivity contribution in [3.05, 3.63) is 47.8 Å². The third-order valence-electron chi connectivity index (χ3n) is 5.02. The monoisotopic (exact) mass is 356 g/mol. The van der Waals surface area contributed by atoms with Gasteiger partial charge in [-0.15, -0.1) is 0 Å². The molecular formula is C20H24N2O4. The first-order chi connectivity index (χ1) is 12.8. The van der Waals surface area contributed by atoms with E-state index in [0.717, 1.165) is 18.7 Å². The number of nitrogens with zero attached hydrogens (tertiary/aromatic N) is 2. The molecule has 1 aromatic carbocycles. The number of para-hydroxylation sites is 1. The van der Waals surface area contributed by atoms with Crippen LogP contribution in [0.2, 0.25) is 0 Å². The van der Waals surface area contributed by atoms with Crippen LogP contribution in [0.5, 0.6) is 11.5 Å². The maximum Gasteiger partial charge on any atom is 0.258 e. The van der Waals surface area contributed by atoms with Crippen LogP contribution in [0.15, 0.2) is 36.5 Å². The SMILES string of the molecule is COCCC1CN(C(=O)c2cccc3c2OCCO3)Cc2cccn2C1. The number of carbonyl (C=O) groups is 1. The molecule has 3 heterocycles. The van der Waals surface area contributed by atoms with Gasteiger partial charge in [-0.3, -0.25) is 4.79 Å². The number of methoxy groups -OCH3 is 1. The van der Waals surface area contributed by atoms with Crippen molar-refractivity contribution in [1.82, 2.24) is 9.47 Å². The predicted octanol–water partition coefficient (Wildman–Crippen LogP) is 2.57. The molecule has 1 unspecified atom stereocenters. The van der Waals surface area contributed by atoms with Crippen LogP contribution in [0.1, 0.15) is 22.5 Å². The quantitative estimate of drug-likeness (QED) is 0.845. The molecule has 0 radical (unpaired) electrons. The van der Waals surface area contributed by atoms with Gasteiger partial charge in [0.15, 0.2) is 11.5 Å². The zero-order chi connectivity index (χ0) is 17.9. The molecule has 0 N–H and O–H groups in total. The number of fused-ring (bicyclic) bond motifs is 2. The van der Waals surface area contributed by atoms with E-state index in [1.165, 1.54) is 0 Å². The Morgan fingerprint density at radius 2 is 2.08 bits per heavy atom. The number of ether oxygens (including phenoxy) is 3. The molecule has 0 saturated heterocycles. The highest BCUT2D eigenvalue weighted by molar-refractivity contribution is 5.97. The van der Waals surface area contributed by atoms with E-state index in [9.17, 15) is 4.79 Å². The largest absolute Gasteiger partial charge is 0.486 e. The number of hydrogen-bond acceptors (Lipinski definition) is 4. The van der Waals surface area contributed by atoms with Crippen LogP contribution in [-0.2, 0) is 17.8 Å². The van der Waals surface area contributed by atoms with E-state index in [2.05, 4.69) is 16.8 Å². The molecule has 1 aromatic heterocycles. The number of aromatic nitrogens is 1. The number of hydrogen-bond donors (Lipinski definition) is 0. The van der Waals surface area contributed by atoms with E-state index < -0.39 is 0 Å². The van der Waals surface area contributed by atoms with Gasteiger partial charge in [-0.05, 0) is 36.6 Å². The van der Waals surface area contributed by atoms with Gasteiger partial charge in [0, 0.05) is 38.7 Å². The molecule has 4 rings (SSSR count). The van der Waals surface area contributed by atoms with Crippen LogP contribution in [0.4, 0.5) is 0 Å². The van der Waals surface area contributed by atoms with E-state index in [1.54, 1.807) is 7.11 Å². The minimum Gasteiger partial charge on any atom is -0.486 e. The summed E-state index contributed by atoms with van der Waals surface area (Å²) in [6.45, 7) is 3.88. The van der Waals surface area contributed by atoms with Crippen LogP contribution in [0.25, 0.3) is 0 Å². The molecule has 2 aromatic rings. The maximum atomic E-state index is 13.3. The van der Waals surface area contributed by atoms with Crippen molar-refractivity contribution in [2.45, 2.75) is 19.5 Å². The average molecular weight is 356 g/mol. The summed E-state index contributed by atoms with van der Waals surface area (Å²) in [5.41, 5.74) is 1.73. The van der Waals surface area contributed by atoms with Gasteiger partial charge < -0.3 is 23.7 Å². The van der Waals surface area contributed by atoms with Crippen LogP contribution in [-0.4, -0.2) is 48.8 Å². The number of rotatable bonds is 4. The second kappa shape index (κ2) is 7.41. The first-order valence-corrected chi connectivity index (χ1v) is 9.07. The molecular weight excluding hydrogens is 332 g/mol. The first-order valence-electron chi connectivity index (χ1n) is 9.07. The summed E-state index contributed by atoms with van der Waals surface area (Å²) in [7, 11) is 1.72. The van der Waals surface area contributed by atoms with Gasteiger partial charge in [-0.1, -0.05) is 6.07 Å². The van der Waals surface area contributed by atoms with Crippen LogP contribution in [0.3, 0.4) is 0 Å². The third kappa shape index (κ3) is 3.29. The second-order valence-corrected chi connectivity index (χ2v) is 6.81. The fourth-order valence-corrected chi connectivity index (χ4v) is 3.71. The minimum atomic E-state index is -0.00980. The normalized spacial score (nSPS) is 19.0. The van der Waals surface area contributed by atoms with Crippen molar-refractivity contribution >= 4 is 5.91 Å². The summed E-state index contributed by atoms with van der Waals surface area (Å²) < 4.78 is 18.9. The van der Waals surface area contributed by atoms with Crippen molar-refractivity contribution < 1.29 is 19.0 Å². The molecule has 0 spiro atoms. The Bertz CT molecular complexity index is 786. The van der Waals surface area contributed by atoms with Crippen LogP contribution < -0.4 is 9.47 Å². The molecule has 0 aliphatic carbocycles. The van der Waals surface area contributed by atoms with Gasteiger partial charge >= 0.3 is 0 Å². The van der Waals surface area contributed by atoms with Gasteiger partial charge in [-0.25, -0.2) is 0 Å². The van der Waals surface area contributed by atoms with Crippen molar-refractivity contribution in [3.63, 3.8) is 0 Å². The lowest BCUT2D eigenvalue weighted by molar-refractivity contribution is 0.0695. The summed E-state index contributed by atoms with van der Waals surface area (Å²) >= 11 is 0. The first kappa shape index (κ1) is 17.0. The molecule has 0 bridgehead atoms. The molecule has 26 heavy (non-hydrogen) atoms. The zero-order valence-corrected chi connectivity index (χ0v) is 15.0. The number of benzene rings is 1. The van der Waals surface area contributed by atoms with E-state index in [1.807, 2.05) is 29.2 Å². The molecule has 0 fully saturated rings. The van der Waals surface area contributed by atoms with E-state index >= 15 is 0 Å². The Hall–Kier alpha value is -2.47. The molecule has 6 heteroatoms. The number of amides is 1. The maximum absolute atomic E-state index is 13.3. The second-order valence-electron chi connectivity index (χ2n) is 6.81. The molecule has 1 amide bonds. The lowest BCUT2D eigenvalue weighted by Crippen LogP contribution is -2.35. The molecule has 138 valence electrons. The smallest absolute Gasteiger partial charge is 0.258 e. The molecule has 1 atom stereocenters. The summed E-state index contributed by atoms with van der Waals surface area (Å²) in [6.07, 6.45) is 3.01. The Morgan fingerprint density at radius 3 is 2.96 bits per heavy atom. The zero-order valence-electron chi connectivity index (χ0n) is 15.0. The van der Waals surface area contributed by atoms with Crippen LogP contribution >= 0.6 is 0 Å². The minimum absolute atomic E-state index is 0.00980. The van der Waals surface area contributed by atoms with Gasteiger partial charge in [0.2, 0.25) is 0 Å². The lowest BCUT2D eigenvalue weighted by atomic mass is 10.0. The van der Waals surface area contributed by atoms with E-state index in [4.69, 9.17) is 14.2 Å². The highest BCUT2D eigenvalue weighted by Gasteiger charge is 2.29. The Morgan fingerprint density at radius 1 is 1.19 bits per heavy atom. The lowest BCUT2D eigenvalue weighted by Gasteiger charge is -2.26.